The average molecular weight is 594 g/mol. The van der Waals surface area contributed by atoms with Crippen molar-refractivity contribution in [3.8, 4) is 0 Å². The van der Waals surface area contributed by atoms with Crippen LogP contribution in [0.4, 0.5) is 15.9 Å². The Labute approximate surface area is 247 Å². The second-order valence-electron chi connectivity index (χ2n) is 11.5. The number of rotatable bonds is 8. The molecule has 1 saturated heterocycles. The van der Waals surface area contributed by atoms with E-state index in [9.17, 15) is 19.1 Å². The number of aliphatic hydroxyl groups excluding tert-OH is 1. The topological polar surface area (TPSA) is 144 Å². The number of fused-ring (bicyclic) bond motifs is 1. The Morgan fingerprint density at radius 1 is 1.29 bits per heavy atom. The fraction of sp³-hybridized carbons (Fsp3) is 0.400. The smallest absolute Gasteiger partial charge is 0.267 e. The Kier molecular flexibility index (Phi) is 8.06. The van der Waals surface area contributed by atoms with Crippen LogP contribution in [0.25, 0.3) is 0 Å². The Morgan fingerprint density at radius 3 is 2.71 bits per heavy atom. The van der Waals surface area contributed by atoms with Crippen LogP contribution in [0.3, 0.4) is 0 Å². The molecule has 2 aliphatic rings. The molecule has 1 aliphatic heterocycles. The van der Waals surface area contributed by atoms with E-state index in [2.05, 4.69) is 26.4 Å². The zero-order valence-corrected chi connectivity index (χ0v) is 25.1. The van der Waals surface area contributed by atoms with E-state index < -0.39 is 23.7 Å². The van der Waals surface area contributed by atoms with Crippen LogP contribution in [0.15, 0.2) is 36.0 Å². The fourth-order valence-corrected chi connectivity index (χ4v) is 6.94. The molecule has 3 aromatic rings. The van der Waals surface area contributed by atoms with Gasteiger partial charge in [0.15, 0.2) is 5.82 Å². The second-order valence-corrected chi connectivity index (χ2v) is 12.6. The number of carbonyl (C=O) groups is 2. The number of aliphatic hydroxyl groups is 1. The van der Waals surface area contributed by atoms with Crippen LogP contribution in [0, 0.1) is 23.6 Å². The van der Waals surface area contributed by atoms with Crippen LogP contribution in [-0.4, -0.2) is 46.0 Å². The molecule has 6 N–H and O–H groups in total. The Morgan fingerprint density at radius 2 is 2.05 bits per heavy atom. The molecule has 0 spiro atoms. The van der Waals surface area contributed by atoms with Crippen LogP contribution in [-0.2, 0) is 18.3 Å². The van der Waals surface area contributed by atoms with Crippen LogP contribution in [0.1, 0.15) is 75.8 Å². The minimum absolute atomic E-state index is 0.0435. The number of anilines is 2. The fourth-order valence-electron chi connectivity index (χ4n) is 5.61. The van der Waals surface area contributed by atoms with E-state index in [1.165, 1.54) is 36.6 Å². The molecule has 0 bridgehead atoms. The normalized spacial score (nSPS) is 19.5. The van der Waals surface area contributed by atoms with Crippen molar-refractivity contribution >= 4 is 40.4 Å². The summed E-state index contributed by atoms with van der Waals surface area (Å²) in [5, 5.41) is 35.6. The predicted molar refractivity (Wildman–Crippen MR) is 162 cm³/mol. The van der Waals surface area contributed by atoms with Crippen molar-refractivity contribution < 1.29 is 19.1 Å². The minimum atomic E-state index is -0.667. The number of benzene rings is 1. The van der Waals surface area contributed by atoms with Gasteiger partial charge in [-0.1, -0.05) is 13.8 Å². The van der Waals surface area contributed by atoms with Crippen molar-refractivity contribution in [1.29, 1.82) is 5.41 Å². The molecule has 1 aliphatic carbocycles. The number of hydrogen-bond acceptors (Lipinski definition) is 8. The molecule has 1 aromatic carbocycles. The summed E-state index contributed by atoms with van der Waals surface area (Å²) in [6.07, 6.45) is 3.43. The molecule has 1 unspecified atom stereocenters. The molecular formula is C30H36FN7O3S. The maximum atomic E-state index is 15.0. The van der Waals surface area contributed by atoms with Gasteiger partial charge in [-0.2, -0.15) is 5.10 Å². The number of nitrogens with one attached hydrogen (secondary N) is 5. The molecule has 12 heteroatoms. The van der Waals surface area contributed by atoms with E-state index in [0.717, 1.165) is 35.5 Å². The van der Waals surface area contributed by atoms with Gasteiger partial charge in [-0.15, -0.1) is 11.3 Å². The van der Waals surface area contributed by atoms with E-state index >= 15 is 0 Å². The summed E-state index contributed by atoms with van der Waals surface area (Å²) in [5.74, 6) is -1.12. The van der Waals surface area contributed by atoms with Crippen LogP contribution in [0.2, 0.25) is 0 Å². The lowest BCUT2D eigenvalue weighted by Crippen LogP contribution is -2.25. The highest BCUT2D eigenvalue weighted by molar-refractivity contribution is 7.14. The van der Waals surface area contributed by atoms with E-state index in [-0.39, 0.29) is 28.6 Å². The first-order valence-electron chi connectivity index (χ1n) is 13.9. The number of amides is 2. The molecule has 2 aromatic heterocycles. The summed E-state index contributed by atoms with van der Waals surface area (Å²) in [6, 6.07) is 6.37. The van der Waals surface area contributed by atoms with Crippen molar-refractivity contribution in [2.45, 2.75) is 52.2 Å². The number of allylic oxidation sites excluding steroid dienone is 1. The lowest BCUT2D eigenvalue weighted by molar-refractivity contribution is -0.116. The van der Waals surface area contributed by atoms with Gasteiger partial charge in [0.25, 0.3) is 11.8 Å². The maximum absolute atomic E-state index is 15.0. The standard InChI is InChI=1S/C30H36FN7O3S/c1-15-16(8-9-18(31)26(15)36-29(41)23-11-17-24(42-23)14-30(2,3)27(17)39)19(32)12-21(28(40)33-4)35-25-13-22(38(5)37-25)20-7-6-10-34-20/h8-9,11-13,20,27,32,34,39H,6-7,10,14H2,1-5H3,(H,33,40)(H,35,37)(H,36,41)/b21-12+,32-19?/t20?,27-/m0/s1. The molecule has 5 rings (SSSR count). The third-order valence-corrected chi connectivity index (χ3v) is 9.17. The Balaban J connectivity index is 1.38. The highest BCUT2D eigenvalue weighted by Crippen LogP contribution is 2.48. The van der Waals surface area contributed by atoms with Gasteiger partial charge in [0.1, 0.15) is 11.5 Å². The Bertz CT molecular complexity index is 1600. The van der Waals surface area contributed by atoms with Gasteiger partial charge in [-0.25, -0.2) is 4.39 Å². The van der Waals surface area contributed by atoms with Gasteiger partial charge >= 0.3 is 0 Å². The van der Waals surface area contributed by atoms with Gasteiger partial charge in [0, 0.05) is 36.6 Å². The lowest BCUT2D eigenvalue weighted by atomic mass is 9.88. The highest BCUT2D eigenvalue weighted by atomic mass is 32.1. The molecular weight excluding hydrogens is 557 g/mol. The maximum Gasteiger partial charge on any atom is 0.267 e. The molecule has 1 fully saturated rings. The van der Waals surface area contributed by atoms with Crippen molar-refractivity contribution in [1.82, 2.24) is 20.4 Å². The number of carbonyl (C=O) groups excluding carboxylic acids is 2. The van der Waals surface area contributed by atoms with Gasteiger partial charge in [0.2, 0.25) is 0 Å². The summed E-state index contributed by atoms with van der Waals surface area (Å²) in [7, 11) is 3.33. The lowest BCUT2D eigenvalue weighted by Gasteiger charge is -2.22. The van der Waals surface area contributed by atoms with Crippen LogP contribution < -0.4 is 21.3 Å². The van der Waals surface area contributed by atoms with Gasteiger partial charge in [0.05, 0.1) is 28.1 Å². The molecule has 3 heterocycles. The zero-order chi connectivity index (χ0) is 30.3. The summed E-state index contributed by atoms with van der Waals surface area (Å²) in [5.41, 5.74) is 2.12. The van der Waals surface area contributed by atoms with Crippen molar-refractivity contribution in [3.63, 3.8) is 0 Å². The zero-order valence-electron chi connectivity index (χ0n) is 24.3. The summed E-state index contributed by atoms with van der Waals surface area (Å²) in [6.45, 7) is 6.51. The molecule has 222 valence electrons. The van der Waals surface area contributed by atoms with Crippen molar-refractivity contribution in [3.05, 3.63) is 74.0 Å². The van der Waals surface area contributed by atoms with Crippen LogP contribution >= 0.6 is 11.3 Å². The number of thiophene rings is 1. The second kappa shape index (κ2) is 11.4. The van der Waals surface area contributed by atoms with E-state index in [4.69, 9.17) is 5.41 Å². The van der Waals surface area contributed by atoms with E-state index in [1.807, 2.05) is 27.0 Å². The van der Waals surface area contributed by atoms with Crippen molar-refractivity contribution in [2.75, 3.05) is 24.2 Å². The average Bonchev–Trinajstić information content (AvgIpc) is 3.72. The summed E-state index contributed by atoms with van der Waals surface area (Å²) < 4.78 is 16.7. The number of halogens is 1. The first kappa shape index (κ1) is 29.6. The summed E-state index contributed by atoms with van der Waals surface area (Å²) in [4.78, 5) is 27.2. The molecule has 0 radical (unpaired) electrons. The molecule has 10 nitrogen and oxygen atoms in total. The quantitative estimate of drug-likeness (QED) is 0.169. The third kappa shape index (κ3) is 5.61. The van der Waals surface area contributed by atoms with Gasteiger partial charge < -0.3 is 31.8 Å². The van der Waals surface area contributed by atoms with Crippen LogP contribution in [0.5, 0.6) is 0 Å². The van der Waals surface area contributed by atoms with E-state index in [1.54, 1.807) is 17.7 Å². The predicted octanol–water partition coefficient (Wildman–Crippen LogP) is 4.33. The number of hydrogen-bond donors (Lipinski definition) is 6. The number of aryl methyl sites for hydroxylation is 1. The number of likely N-dealkylation sites (N-methyl/N-ethyl adjacent to an activating group) is 1. The largest absolute Gasteiger partial charge is 0.388 e. The number of aromatic nitrogens is 2. The molecule has 2 amide bonds. The molecule has 42 heavy (non-hydrogen) atoms. The highest BCUT2D eigenvalue weighted by Gasteiger charge is 2.40. The van der Waals surface area contributed by atoms with Crippen molar-refractivity contribution in [2.24, 2.45) is 12.5 Å². The number of nitrogens with zero attached hydrogens (tertiary/aromatic N) is 2. The first-order valence-corrected chi connectivity index (χ1v) is 14.7. The minimum Gasteiger partial charge on any atom is -0.388 e. The molecule has 0 saturated carbocycles. The third-order valence-electron chi connectivity index (χ3n) is 8.02. The van der Waals surface area contributed by atoms with Gasteiger partial charge in [-0.05, 0) is 73.5 Å². The van der Waals surface area contributed by atoms with E-state index in [0.29, 0.717) is 28.2 Å². The molecule has 2 atom stereocenters. The SMILES string of the molecule is CNC(=O)/C(=C\C(=N)c1ccc(F)c(NC(=O)c2cc3c(s2)CC(C)(C)[C@H]3O)c1C)Nc1cc(C2CCCN2)n(C)n1. The Hall–Kier alpha value is -3.87. The summed E-state index contributed by atoms with van der Waals surface area (Å²) >= 11 is 1.29. The van der Waals surface area contributed by atoms with Gasteiger partial charge in [-0.3, -0.25) is 14.3 Å². The monoisotopic (exact) mass is 593 g/mol. The first-order chi connectivity index (χ1) is 19.9.